The van der Waals surface area contributed by atoms with Crippen LogP contribution in [-0.4, -0.2) is 29.5 Å². The lowest BCUT2D eigenvalue weighted by Crippen LogP contribution is -2.33. The Morgan fingerprint density at radius 2 is 1.82 bits per heavy atom. The molecule has 17 heavy (non-hydrogen) atoms. The van der Waals surface area contributed by atoms with Crippen LogP contribution < -0.4 is 0 Å². The Labute approximate surface area is 108 Å². The molecule has 0 bridgehead atoms. The summed E-state index contributed by atoms with van der Waals surface area (Å²) in [6, 6.07) is 3.18. The van der Waals surface area contributed by atoms with Crippen molar-refractivity contribution in [2.24, 2.45) is 0 Å². The van der Waals surface area contributed by atoms with E-state index in [-0.39, 0.29) is 0 Å². The van der Waals surface area contributed by atoms with Crippen LogP contribution in [0.5, 0.6) is 0 Å². The molecule has 0 saturated carbocycles. The van der Waals surface area contributed by atoms with Crippen LogP contribution in [0, 0.1) is 11.3 Å². The maximum absolute atomic E-state index is 8.73. The van der Waals surface area contributed by atoms with Crippen molar-refractivity contribution in [1.82, 2.24) is 4.67 Å². The Kier molecular flexibility index (Phi) is 9.74. The largest absolute Gasteiger partial charge is 0.343 e. The van der Waals surface area contributed by atoms with E-state index < -0.39 is 8.30 Å². The second-order valence-corrected chi connectivity index (χ2v) is 6.61. The zero-order chi connectivity index (χ0) is 13.3. The van der Waals surface area contributed by atoms with Gasteiger partial charge in [-0.2, -0.15) is 5.26 Å². The van der Waals surface area contributed by atoms with Crippen LogP contribution in [0.4, 0.5) is 0 Å². The predicted octanol–water partition coefficient (Wildman–Crippen LogP) is 4.15. The first-order valence-corrected chi connectivity index (χ1v) is 8.00. The number of unbranched alkanes of at least 4 members (excludes halogenated alkanes) is 1. The van der Waals surface area contributed by atoms with Crippen molar-refractivity contribution in [2.45, 2.75) is 66.0 Å². The Bertz CT molecular complexity index is 218. The highest BCUT2D eigenvalue weighted by molar-refractivity contribution is 7.50. The molecule has 0 aromatic rings. The summed E-state index contributed by atoms with van der Waals surface area (Å²) in [4.78, 5) is 0. The number of nitriles is 1. The second-order valence-electron chi connectivity index (χ2n) is 4.74. The third-order valence-corrected chi connectivity index (χ3v) is 4.99. The zero-order valence-electron chi connectivity index (χ0n) is 11.9. The fourth-order valence-corrected chi connectivity index (χ4v) is 3.97. The molecular weight excluding hydrogens is 231 g/mol. The van der Waals surface area contributed by atoms with Gasteiger partial charge in [-0.1, -0.05) is 13.3 Å². The molecule has 0 spiro atoms. The van der Waals surface area contributed by atoms with Crippen LogP contribution in [0.2, 0.25) is 0 Å². The van der Waals surface area contributed by atoms with Crippen molar-refractivity contribution < 1.29 is 4.52 Å². The standard InChI is InChI=1S/C13H27N2OP/c1-6-7-10-16-17(11-8-9-14)15(12(2)3)13(4)5/h12-13H,6-8,10-11H2,1-5H3. The van der Waals surface area contributed by atoms with Gasteiger partial charge in [-0.15, -0.1) is 0 Å². The fourth-order valence-electron chi connectivity index (χ4n) is 1.82. The highest BCUT2D eigenvalue weighted by Crippen LogP contribution is 2.45. The van der Waals surface area contributed by atoms with Gasteiger partial charge in [0.1, 0.15) is 8.30 Å². The molecule has 3 nitrogen and oxygen atoms in total. The van der Waals surface area contributed by atoms with Gasteiger partial charge in [0.25, 0.3) is 0 Å². The SMILES string of the molecule is CCCCOP(CCC#N)N(C(C)C)C(C)C. The van der Waals surface area contributed by atoms with Crippen LogP contribution in [0.15, 0.2) is 0 Å². The lowest BCUT2D eigenvalue weighted by Gasteiger charge is -2.36. The van der Waals surface area contributed by atoms with Crippen LogP contribution in [0.25, 0.3) is 0 Å². The first kappa shape index (κ1) is 16.8. The molecule has 100 valence electrons. The Hall–Kier alpha value is -0.160. The van der Waals surface area contributed by atoms with Gasteiger partial charge < -0.3 is 4.52 Å². The van der Waals surface area contributed by atoms with Gasteiger partial charge >= 0.3 is 0 Å². The number of hydrogen-bond donors (Lipinski definition) is 0. The van der Waals surface area contributed by atoms with Crippen molar-refractivity contribution in [3.63, 3.8) is 0 Å². The summed E-state index contributed by atoms with van der Waals surface area (Å²) in [6.45, 7) is 11.8. The normalized spacial score (nSPS) is 13.4. The van der Waals surface area contributed by atoms with Crippen molar-refractivity contribution in [3.05, 3.63) is 0 Å². The molecular formula is C13H27N2OP. The quantitative estimate of drug-likeness (QED) is 0.460. The molecule has 1 unspecified atom stereocenters. The van der Waals surface area contributed by atoms with E-state index in [2.05, 4.69) is 45.4 Å². The molecule has 1 atom stereocenters. The predicted molar refractivity (Wildman–Crippen MR) is 75.0 cm³/mol. The molecule has 0 aliphatic heterocycles. The highest BCUT2D eigenvalue weighted by atomic mass is 31.2. The maximum Gasteiger partial charge on any atom is 0.105 e. The molecule has 0 aliphatic carbocycles. The molecule has 0 fully saturated rings. The smallest absolute Gasteiger partial charge is 0.105 e. The minimum absolute atomic E-state index is 0.474. The Morgan fingerprint density at radius 3 is 2.24 bits per heavy atom. The minimum atomic E-state index is -0.610. The molecule has 0 aliphatic rings. The molecule has 0 aromatic heterocycles. The Balaban J connectivity index is 4.44. The number of hydrogen-bond acceptors (Lipinski definition) is 3. The van der Waals surface area contributed by atoms with Gasteiger partial charge in [0.2, 0.25) is 0 Å². The lowest BCUT2D eigenvalue weighted by atomic mass is 10.3. The summed E-state index contributed by atoms with van der Waals surface area (Å²) >= 11 is 0. The van der Waals surface area contributed by atoms with Crippen molar-refractivity contribution in [3.8, 4) is 6.07 Å². The Morgan fingerprint density at radius 1 is 1.24 bits per heavy atom. The van der Waals surface area contributed by atoms with Crippen molar-refractivity contribution in [2.75, 3.05) is 12.8 Å². The molecule has 0 rings (SSSR count). The zero-order valence-corrected chi connectivity index (χ0v) is 12.8. The summed E-state index contributed by atoms with van der Waals surface area (Å²) in [5.41, 5.74) is 0. The van der Waals surface area contributed by atoms with E-state index in [9.17, 15) is 0 Å². The van der Waals surface area contributed by atoms with Gasteiger partial charge in [0.05, 0.1) is 12.7 Å². The first-order valence-electron chi connectivity index (χ1n) is 6.60. The second kappa shape index (κ2) is 9.83. The van der Waals surface area contributed by atoms with E-state index in [0.29, 0.717) is 18.5 Å². The molecule has 0 amide bonds. The van der Waals surface area contributed by atoms with Gasteiger partial charge in [0, 0.05) is 24.7 Å². The number of rotatable bonds is 9. The summed E-state index contributed by atoms with van der Waals surface area (Å²) in [5, 5.41) is 8.73. The highest BCUT2D eigenvalue weighted by Gasteiger charge is 2.24. The molecule has 0 saturated heterocycles. The van der Waals surface area contributed by atoms with Crippen LogP contribution in [0.3, 0.4) is 0 Å². The van der Waals surface area contributed by atoms with Crippen LogP contribution in [0.1, 0.15) is 53.9 Å². The summed E-state index contributed by atoms with van der Waals surface area (Å²) in [5.74, 6) is 0. The molecule has 4 heteroatoms. The molecule has 0 N–H and O–H groups in total. The fraction of sp³-hybridized carbons (Fsp3) is 0.923. The van der Waals surface area contributed by atoms with E-state index in [0.717, 1.165) is 25.6 Å². The van der Waals surface area contributed by atoms with Crippen molar-refractivity contribution >= 4 is 8.30 Å². The van der Waals surface area contributed by atoms with Gasteiger partial charge in [-0.25, -0.2) is 0 Å². The lowest BCUT2D eigenvalue weighted by molar-refractivity contribution is 0.251. The van der Waals surface area contributed by atoms with E-state index in [1.807, 2.05) is 0 Å². The average Bonchev–Trinajstić information content (AvgIpc) is 2.24. The van der Waals surface area contributed by atoms with Gasteiger partial charge in [0.15, 0.2) is 0 Å². The summed E-state index contributed by atoms with van der Waals surface area (Å²) in [7, 11) is -0.610. The van der Waals surface area contributed by atoms with Crippen LogP contribution >= 0.6 is 8.30 Å². The van der Waals surface area contributed by atoms with Gasteiger partial charge in [-0.05, 0) is 34.1 Å². The van der Waals surface area contributed by atoms with E-state index in [1.165, 1.54) is 0 Å². The van der Waals surface area contributed by atoms with Gasteiger partial charge in [-0.3, -0.25) is 4.67 Å². The minimum Gasteiger partial charge on any atom is -0.343 e. The third-order valence-electron chi connectivity index (χ3n) is 2.47. The first-order chi connectivity index (χ1) is 8.04. The van der Waals surface area contributed by atoms with E-state index in [4.69, 9.17) is 9.79 Å². The molecule has 0 radical (unpaired) electrons. The number of nitrogens with zero attached hydrogens (tertiary/aromatic N) is 2. The topological polar surface area (TPSA) is 36.3 Å². The van der Waals surface area contributed by atoms with Crippen molar-refractivity contribution in [1.29, 1.82) is 5.26 Å². The van der Waals surface area contributed by atoms with E-state index >= 15 is 0 Å². The maximum atomic E-state index is 8.73. The summed E-state index contributed by atoms with van der Waals surface area (Å²) < 4.78 is 8.43. The van der Waals surface area contributed by atoms with Crippen LogP contribution in [-0.2, 0) is 4.52 Å². The van der Waals surface area contributed by atoms with E-state index in [1.54, 1.807) is 0 Å². The monoisotopic (exact) mass is 258 g/mol. The average molecular weight is 258 g/mol. The molecule has 0 aromatic carbocycles. The third kappa shape index (κ3) is 6.99. The molecule has 0 heterocycles. The summed E-state index contributed by atoms with van der Waals surface area (Å²) in [6.07, 6.45) is 3.72.